The van der Waals surface area contributed by atoms with E-state index in [2.05, 4.69) is 32.7 Å². The van der Waals surface area contributed by atoms with Crippen LogP contribution in [-0.2, 0) is 4.74 Å². The van der Waals surface area contributed by atoms with Crippen molar-refractivity contribution in [3.05, 3.63) is 108 Å². The lowest BCUT2D eigenvalue weighted by Gasteiger charge is -2.26. The molecule has 0 amide bonds. The Morgan fingerprint density at radius 2 is 1.84 bits per heavy atom. The molecule has 7 nitrogen and oxygen atoms in total. The number of hydrogen-bond acceptors (Lipinski definition) is 6. The molecule has 37 heavy (non-hydrogen) atoms. The SMILES string of the molecule is COC(=O)c1ccc(-c2ccc([C@@H]3[C@@H](c4ccccn4)NC(=S)N3CCCNc3ccccc3)o2)cc1. The molecule has 1 fully saturated rings. The van der Waals surface area contributed by atoms with Crippen LogP contribution in [0.5, 0.6) is 0 Å². The van der Waals surface area contributed by atoms with E-state index in [1.165, 1.54) is 7.11 Å². The summed E-state index contributed by atoms with van der Waals surface area (Å²) in [4.78, 5) is 18.6. The number of esters is 1. The van der Waals surface area contributed by atoms with Crippen LogP contribution in [0.4, 0.5) is 5.69 Å². The number of hydrogen-bond donors (Lipinski definition) is 2. The Bertz CT molecular complexity index is 1340. The summed E-state index contributed by atoms with van der Waals surface area (Å²) in [6, 6.07) is 26.9. The maximum atomic E-state index is 11.8. The lowest BCUT2D eigenvalue weighted by molar-refractivity contribution is 0.0600. The van der Waals surface area contributed by atoms with Crippen LogP contribution in [0.25, 0.3) is 11.3 Å². The highest BCUT2D eigenvalue weighted by Crippen LogP contribution is 2.40. The summed E-state index contributed by atoms with van der Waals surface area (Å²) in [5.74, 6) is 1.15. The van der Waals surface area contributed by atoms with Crippen LogP contribution in [0.3, 0.4) is 0 Å². The number of methoxy groups -OCH3 is 1. The van der Waals surface area contributed by atoms with Crippen molar-refractivity contribution >= 4 is 29.0 Å². The minimum Gasteiger partial charge on any atom is -0.465 e. The maximum Gasteiger partial charge on any atom is 0.337 e. The first-order valence-corrected chi connectivity index (χ1v) is 12.6. The fourth-order valence-corrected chi connectivity index (χ4v) is 4.88. The zero-order chi connectivity index (χ0) is 25.6. The number of pyridine rings is 1. The van der Waals surface area contributed by atoms with E-state index < -0.39 is 0 Å². The molecule has 188 valence electrons. The number of rotatable bonds is 9. The molecule has 1 aliphatic heterocycles. The van der Waals surface area contributed by atoms with Gasteiger partial charge >= 0.3 is 5.97 Å². The third-order valence-electron chi connectivity index (χ3n) is 6.39. The zero-order valence-electron chi connectivity index (χ0n) is 20.5. The Morgan fingerprint density at radius 1 is 1.05 bits per heavy atom. The van der Waals surface area contributed by atoms with Gasteiger partial charge in [0.2, 0.25) is 0 Å². The number of nitrogens with zero attached hydrogens (tertiary/aromatic N) is 2. The number of para-hydroxylation sites is 1. The van der Waals surface area contributed by atoms with Crippen molar-refractivity contribution in [3.8, 4) is 11.3 Å². The first-order valence-electron chi connectivity index (χ1n) is 12.2. The minimum absolute atomic E-state index is 0.142. The number of anilines is 1. The van der Waals surface area contributed by atoms with Crippen molar-refractivity contribution in [2.45, 2.75) is 18.5 Å². The number of nitrogens with one attached hydrogen (secondary N) is 2. The molecule has 2 aromatic carbocycles. The molecular formula is C29H28N4O3S. The van der Waals surface area contributed by atoms with Gasteiger partial charge in [-0.3, -0.25) is 4.98 Å². The molecule has 2 N–H and O–H groups in total. The normalized spacial score (nSPS) is 16.9. The standard InChI is InChI=1S/C29H28N4O3S/c1-35-28(34)21-13-11-20(12-14-21)24-15-16-25(36-24)27-26(23-10-5-6-17-31-23)32-29(37)33(27)19-7-18-30-22-8-3-2-4-9-22/h2-6,8-17,26-27,30H,7,18-19H2,1H3,(H,32,37)/t26-,27-/m1/s1. The maximum absolute atomic E-state index is 11.8. The highest BCUT2D eigenvalue weighted by atomic mass is 32.1. The number of furan rings is 1. The first kappa shape index (κ1) is 24.5. The Morgan fingerprint density at radius 3 is 2.57 bits per heavy atom. The van der Waals surface area contributed by atoms with E-state index in [0.717, 1.165) is 48.0 Å². The number of ether oxygens (including phenoxy) is 1. The monoisotopic (exact) mass is 512 g/mol. The third-order valence-corrected chi connectivity index (χ3v) is 6.74. The van der Waals surface area contributed by atoms with Crippen LogP contribution in [-0.4, -0.2) is 41.2 Å². The van der Waals surface area contributed by atoms with Gasteiger partial charge in [0.05, 0.1) is 24.4 Å². The largest absolute Gasteiger partial charge is 0.465 e. The van der Waals surface area contributed by atoms with Gasteiger partial charge in [0.25, 0.3) is 0 Å². The second-order valence-corrected chi connectivity index (χ2v) is 9.12. The van der Waals surface area contributed by atoms with Crippen molar-refractivity contribution in [3.63, 3.8) is 0 Å². The van der Waals surface area contributed by atoms with Gasteiger partial charge in [-0.1, -0.05) is 36.4 Å². The second-order valence-electron chi connectivity index (χ2n) is 8.74. The highest BCUT2D eigenvalue weighted by Gasteiger charge is 2.41. The summed E-state index contributed by atoms with van der Waals surface area (Å²) >= 11 is 5.77. The van der Waals surface area contributed by atoms with Crippen molar-refractivity contribution in [1.82, 2.24) is 15.2 Å². The van der Waals surface area contributed by atoms with Crippen LogP contribution in [0.15, 0.2) is 95.5 Å². The van der Waals surface area contributed by atoms with Gasteiger partial charge < -0.3 is 24.7 Å². The Balaban J connectivity index is 1.37. The summed E-state index contributed by atoms with van der Waals surface area (Å²) in [5.41, 5.74) is 3.37. The summed E-state index contributed by atoms with van der Waals surface area (Å²) in [6.45, 7) is 1.57. The van der Waals surface area contributed by atoms with Gasteiger partial charge in [-0.05, 0) is 67.2 Å². The molecule has 2 aromatic heterocycles. The molecule has 0 bridgehead atoms. The van der Waals surface area contributed by atoms with Crippen LogP contribution in [0.1, 0.15) is 40.3 Å². The molecule has 0 unspecified atom stereocenters. The molecule has 0 radical (unpaired) electrons. The zero-order valence-corrected chi connectivity index (χ0v) is 21.3. The predicted octanol–water partition coefficient (Wildman–Crippen LogP) is 5.60. The van der Waals surface area contributed by atoms with Crippen LogP contribution in [0, 0.1) is 0 Å². The molecule has 2 atom stereocenters. The topological polar surface area (TPSA) is 79.6 Å². The predicted molar refractivity (Wildman–Crippen MR) is 147 cm³/mol. The summed E-state index contributed by atoms with van der Waals surface area (Å²) < 4.78 is 11.2. The van der Waals surface area contributed by atoms with E-state index in [1.54, 1.807) is 18.3 Å². The van der Waals surface area contributed by atoms with E-state index in [9.17, 15) is 4.79 Å². The molecule has 0 aliphatic carbocycles. The van der Waals surface area contributed by atoms with Crippen LogP contribution in [0.2, 0.25) is 0 Å². The van der Waals surface area contributed by atoms with Crippen molar-refractivity contribution < 1.29 is 13.9 Å². The van der Waals surface area contributed by atoms with Crippen LogP contribution >= 0.6 is 12.2 Å². The van der Waals surface area contributed by atoms with E-state index in [-0.39, 0.29) is 18.1 Å². The number of thiocarbonyl (C=S) groups is 1. The summed E-state index contributed by atoms with van der Waals surface area (Å²) in [7, 11) is 1.37. The van der Waals surface area contributed by atoms with E-state index in [4.69, 9.17) is 21.4 Å². The smallest absolute Gasteiger partial charge is 0.337 e. The van der Waals surface area contributed by atoms with Crippen molar-refractivity contribution in [1.29, 1.82) is 0 Å². The number of benzene rings is 2. The fourth-order valence-electron chi connectivity index (χ4n) is 4.55. The van der Waals surface area contributed by atoms with Gasteiger partial charge in [0, 0.05) is 30.5 Å². The molecule has 4 aromatic rings. The average molecular weight is 513 g/mol. The quantitative estimate of drug-likeness (QED) is 0.170. The van der Waals surface area contributed by atoms with Crippen molar-refractivity contribution in [2.24, 2.45) is 0 Å². The lowest BCUT2D eigenvalue weighted by atomic mass is 10.0. The lowest BCUT2D eigenvalue weighted by Crippen LogP contribution is -2.31. The van der Waals surface area contributed by atoms with Gasteiger partial charge in [-0.15, -0.1) is 0 Å². The Kier molecular flexibility index (Phi) is 7.46. The Labute approximate surface area is 221 Å². The number of aromatic nitrogens is 1. The average Bonchev–Trinajstić information content (AvgIpc) is 3.56. The molecule has 1 aliphatic rings. The minimum atomic E-state index is -0.368. The van der Waals surface area contributed by atoms with Gasteiger partial charge in [0.15, 0.2) is 5.11 Å². The molecule has 3 heterocycles. The van der Waals surface area contributed by atoms with Gasteiger partial charge in [-0.25, -0.2) is 4.79 Å². The van der Waals surface area contributed by atoms with Gasteiger partial charge in [-0.2, -0.15) is 0 Å². The summed E-state index contributed by atoms with van der Waals surface area (Å²) in [6.07, 6.45) is 2.69. The molecule has 1 saturated heterocycles. The molecule has 0 spiro atoms. The van der Waals surface area contributed by atoms with E-state index in [0.29, 0.717) is 10.7 Å². The second kappa shape index (κ2) is 11.3. The van der Waals surface area contributed by atoms with E-state index >= 15 is 0 Å². The molecular weight excluding hydrogens is 484 g/mol. The molecule has 5 rings (SSSR count). The van der Waals surface area contributed by atoms with Crippen LogP contribution < -0.4 is 10.6 Å². The highest BCUT2D eigenvalue weighted by molar-refractivity contribution is 7.80. The Hall–Kier alpha value is -4.17. The number of carbonyl (C=O) groups excluding carboxylic acids is 1. The molecule has 8 heteroatoms. The fraction of sp³-hybridized carbons (Fsp3) is 0.207. The van der Waals surface area contributed by atoms with Gasteiger partial charge in [0.1, 0.15) is 17.6 Å². The third kappa shape index (κ3) is 5.49. The van der Waals surface area contributed by atoms with E-state index in [1.807, 2.05) is 60.7 Å². The van der Waals surface area contributed by atoms with Crippen molar-refractivity contribution in [2.75, 3.05) is 25.5 Å². The number of carbonyl (C=O) groups is 1. The molecule has 0 saturated carbocycles. The first-order chi connectivity index (χ1) is 18.1. The summed E-state index contributed by atoms with van der Waals surface area (Å²) in [5, 5.41) is 7.61.